The number of azo groups is 1. The minimum Gasteiger partial charge on any atom is -0.323 e. The van der Waals surface area contributed by atoms with Gasteiger partial charge in [-0.15, -0.1) is 0 Å². The van der Waals surface area contributed by atoms with E-state index in [9.17, 15) is 13.2 Å². The van der Waals surface area contributed by atoms with Gasteiger partial charge in [0.1, 0.15) is 0 Å². The van der Waals surface area contributed by atoms with Gasteiger partial charge in [0.25, 0.3) is 5.91 Å². The molecule has 1 atom stereocenters. The second kappa shape index (κ2) is 5.56. The SMILES string of the molecule is Cc1cccc2c1NC(=O)C2N=Nc1ccc(S(N)(=O)=O)cc1. The quantitative estimate of drug-likeness (QED) is 0.842. The van der Waals surface area contributed by atoms with Crippen LogP contribution in [0, 0.1) is 6.92 Å². The Morgan fingerprint density at radius 3 is 2.48 bits per heavy atom. The summed E-state index contributed by atoms with van der Waals surface area (Å²) in [4.78, 5) is 12.0. The van der Waals surface area contributed by atoms with E-state index in [1.165, 1.54) is 24.3 Å². The fraction of sp³-hybridized carbons (Fsp3) is 0.133. The Hall–Kier alpha value is -2.58. The minimum absolute atomic E-state index is 0.00368. The summed E-state index contributed by atoms with van der Waals surface area (Å²) in [5.41, 5.74) is 2.95. The maximum absolute atomic E-state index is 12.0. The first-order valence-corrected chi connectivity index (χ1v) is 8.35. The summed E-state index contributed by atoms with van der Waals surface area (Å²) in [6.45, 7) is 1.91. The summed E-state index contributed by atoms with van der Waals surface area (Å²) >= 11 is 0. The molecule has 1 amide bonds. The predicted octanol–water partition coefficient (Wildman–Crippen LogP) is 2.42. The molecule has 3 rings (SSSR count). The number of primary sulfonamides is 1. The standard InChI is InChI=1S/C15H14N4O3S/c1-9-3-2-4-12-13(9)17-15(20)14(12)19-18-10-5-7-11(8-6-10)23(16,21)22/h2-8,14H,1H3,(H,17,20)(H2,16,21,22). The van der Waals surface area contributed by atoms with Gasteiger partial charge in [-0.2, -0.15) is 10.2 Å². The number of sulfonamides is 1. The van der Waals surface area contributed by atoms with Crippen molar-refractivity contribution in [3.05, 3.63) is 53.6 Å². The molecule has 2 aromatic carbocycles. The average molecular weight is 330 g/mol. The lowest BCUT2D eigenvalue weighted by atomic mass is 10.1. The van der Waals surface area contributed by atoms with Crippen LogP contribution < -0.4 is 10.5 Å². The first-order chi connectivity index (χ1) is 10.9. The number of anilines is 1. The van der Waals surface area contributed by atoms with Crippen molar-refractivity contribution in [1.29, 1.82) is 0 Å². The van der Waals surface area contributed by atoms with Gasteiger partial charge in [-0.25, -0.2) is 13.6 Å². The molecule has 0 radical (unpaired) electrons. The monoisotopic (exact) mass is 330 g/mol. The molecule has 0 spiro atoms. The van der Waals surface area contributed by atoms with E-state index in [2.05, 4.69) is 15.5 Å². The molecule has 0 bridgehead atoms. The highest BCUT2D eigenvalue weighted by atomic mass is 32.2. The van der Waals surface area contributed by atoms with Crippen LogP contribution in [0.15, 0.2) is 57.6 Å². The fourth-order valence-corrected chi connectivity index (χ4v) is 2.88. The number of carbonyl (C=O) groups excluding carboxylic acids is 1. The minimum atomic E-state index is -3.74. The van der Waals surface area contributed by atoms with Crippen LogP contribution >= 0.6 is 0 Å². The van der Waals surface area contributed by atoms with Crippen LogP contribution in [0.4, 0.5) is 11.4 Å². The second-order valence-electron chi connectivity index (χ2n) is 5.19. The molecule has 118 valence electrons. The number of nitrogens with zero attached hydrogens (tertiary/aromatic N) is 2. The van der Waals surface area contributed by atoms with E-state index in [0.717, 1.165) is 16.8 Å². The zero-order chi connectivity index (χ0) is 16.6. The van der Waals surface area contributed by atoms with Gasteiger partial charge in [0, 0.05) is 11.3 Å². The molecule has 1 aliphatic rings. The molecule has 0 saturated heterocycles. The summed E-state index contributed by atoms with van der Waals surface area (Å²) < 4.78 is 22.4. The van der Waals surface area contributed by atoms with Crippen molar-refractivity contribution in [2.45, 2.75) is 17.9 Å². The maximum Gasteiger partial charge on any atom is 0.255 e. The molecule has 8 heteroatoms. The number of amides is 1. The zero-order valence-corrected chi connectivity index (χ0v) is 13.0. The highest BCUT2D eigenvalue weighted by molar-refractivity contribution is 7.89. The van der Waals surface area contributed by atoms with E-state index in [1.807, 2.05) is 25.1 Å². The van der Waals surface area contributed by atoms with Crippen molar-refractivity contribution in [3.8, 4) is 0 Å². The lowest BCUT2D eigenvalue weighted by molar-refractivity contribution is -0.116. The molecule has 0 saturated carbocycles. The summed E-state index contributed by atoms with van der Waals surface area (Å²) in [5, 5.41) is 15.9. The van der Waals surface area contributed by atoms with Crippen molar-refractivity contribution >= 4 is 27.3 Å². The van der Waals surface area contributed by atoms with Gasteiger partial charge in [-0.1, -0.05) is 18.2 Å². The van der Waals surface area contributed by atoms with Crippen LogP contribution in [0.2, 0.25) is 0 Å². The Morgan fingerprint density at radius 2 is 1.83 bits per heavy atom. The Labute approximate surface area is 133 Å². The van der Waals surface area contributed by atoms with Gasteiger partial charge in [0.05, 0.1) is 10.6 Å². The Morgan fingerprint density at radius 1 is 1.13 bits per heavy atom. The van der Waals surface area contributed by atoms with Crippen molar-refractivity contribution in [2.24, 2.45) is 15.4 Å². The van der Waals surface area contributed by atoms with Crippen LogP contribution in [0.3, 0.4) is 0 Å². The number of fused-ring (bicyclic) bond motifs is 1. The lowest BCUT2D eigenvalue weighted by Crippen LogP contribution is -2.11. The summed E-state index contributed by atoms with van der Waals surface area (Å²) in [6.07, 6.45) is 0. The van der Waals surface area contributed by atoms with Gasteiger partial charge in [0.2, 0.25) is 10.0 Å². The van der Waals surface area contributed by atoms with Gasteiger partial charge >= 0.3 is 0 Å². The number of nitrogens with one attached hydrogen (secondary N) is 1. The number of hydrogen-bond donors (Lipinski definition) is 2. The van der Waals surface area contributed by atoms with Crippen LogP contribution in [0.25, 0.3) is 0 Å². The second-order valence-corrected chi connectivity index (χ2v) is 6.75. The van der Waals surface area contributed by atoms with E-state index >= 15 is 0 Å². The smallest absolute Gasteiger partial charge is 0.255 e. The largest absolute Gasteiger partial charge is 0.323 e. The molecule has 0 aromatic heterocycles. The predicted molar refractivity (Wildman–Crippen MR) is 84.9 cm³/mol. The van der Waals surface area contributed by atoms with Crippen LogP contribution in [0.5, 0.6) is 0 Å². The maximum atomic E-state index is 12.0. The zero-order valence-electron chi connectivity index (χ0n) is 12.2. The van der Waals surface area contributed by atoms with E-state index in [-0.39, 0.29) is 10.8 Å². The molecule has 0 fully saturated rings. The van der Waals surface area contributed by atoms with Crippen LogP contribution in [-0.2, 0) is 14.8 Å². The first kappa shape index (κ1) is 15.3. The van der Waals surface area contributed by atoms with Crippen molar-refractivity contribution in [2.75, 3.05) is 5.32 Å². The Bertz CT molecular complexity index is 905. The number of hydrogen-bond acceptors (Lipinski definition) is 5. The van der Waals surface area contributed by atoms with Gasteiger partial charge in [-0.05, 0) is 36.8 Å². The lowest BCUT2D eigenvalue weighted by Gasteiger charge is -2.03. The molecule has 7 nitrogen and oxygen atoms in total. The van der Waals surface area contributed by atoms with Crippen molar-refractivity contribution < 1.29 is 13.2 Å². The van der Waals surface area contributed by atoms with Crippen molar-refractivity contribution in [3.63, 3.8) is 0 Å². The number of carbonyl (C=O) groups is 1. The van der Waals surface area contributed by atoms with E-state index < -0.39 is 16.1 Å². The number of benzene rings is 2. The molecule has 23 heavy (non-hydrogen) atoms. The van der Waals surface area contributed by atoms with Gasteiger partial charge in [0.15, 0.2) is 6.04 Å². The Balaban J connectivity index is 1.87. The first-order valence-electron chi connectivity index (χ1n) is 6.80. The average Bonchev–Trinajstić information content (AvgIpc) is 2.82. The number of nitrogens with two attached hydrogens (primary N) is 1. The van der Waals surface area contributed by atoms with Crippen molar-refractivity contribution in [1.82, 2.24) is 0 Å². The molecule has 0 aliphatic carbocycles. The highest BCUT2D eigenvalue weighted by Gasteiger charge is 2.31. The van der Waals surface area contributed by atoms with E-state index in [4.69, 9.17) is 5.14 Å². The molecule has 1 aliphatic heterocycles. The molecular formula is C15H14N4O3S. The fourth-order valence-electron chi connectivity index (χ4n) is 2.36. The topological polar surface area (TPSA) is 114 Å². The molecule has 2 aromatic rings. The molecule has 1 heterocycles. The number of rotatable bonds is 3. The number of aryl methyl sites for hydroxylation is 1. The normalized spacial score (nSPS) is 17.3. The highest BCUT2D eigenvalue weighted by Crippen LogP contribution is 2.36. The van der Waals surface area contributed by atoms with Crippen LogP contribution in [-0.4, -0.2) is 14.3 Å². The third-order valence-corrected chi connectivity index (χ3v) is 4.48. The third kappa shape index (κ3) is 2.99. The van der Waals surface area contributed by atoms with E-state index in [1.54, 1.807) is 0 Å². The van der Waals surface area contributed by atoms with E-state index in [0.29, 0.717) is 5.69 Å². The van der Waals surface area contributed by atoms with Crippen LogP contribution in [0.1, 0.15) is 17.2 Å². The third-order valence-electron chi connectivity index (χ3n) is 3.55. The summed E-state index contributed by atoms with van der Waals surface area (Å²) in [5.74, 6) is -0.237. The summed E-state index contributed by atoms with van der Waals surface area (Å²) in [6, 6.07) is 10.5. The van der Waals surface area contributed by atoms with Gasteiger partial charge < -0.3 is 5.32 Å². The molecule has 1 unspecified atom stereocenters. The van der Waals surface area contributed by atoms with Gasteiger partial charge in [-0.3, -0.25) is 4.79 Å². The molecular weight excluding hydrogens is 316 g/mol. The summed E-state index contributed by atoms with van der Waals surface area (Å²) in [7, 11) is -3.74. The number of para-hydroxylation sites is 1. The molecule has 3 N–H and O–H groups in total. The Kier molecular flexibility index (Phi) is 3.70.